The van der Waals surface area contributed by atoms with E-state index < -0.39 is 0 Å². The van der Waals surface area contributed by atoms with Crippen molar-refractivity contribution in [1.29, 1.82) is 0 Å². The van der Waals surface area contributed by atoms with Gasteiger partial charge in [0.05, 0.1) is 0 Å². The van der Waals surface area contributed by atoms with Crippen LogP contribution in [0.4, 0.5) is 17.3 Å². The predicted molar refractivity (Wildman–Crippen MR) is 91.2 cm³/mol. The Morgan fingerprint density at radius 1 is 1.09 bits per heavy atom. The highest BCUT2D eigenvalue weighted by atomic mass is 35.5. The molecule has 0 radical (unpaired) electrons. The molecule has 0 atom stereocenters. The summed E-state index contributed by atoms with van der Waals surface area (Å²) in [4.78, 5) is 13.3. The molecule has 1 saturated heterocycles. The zero-order valence-corrected chi connectivity index (χ0v) is 13.6. The number of halogens is 1. The molecule has 1 fully saturated rings. The third-order valence-corrected chi connectivity index (χ3v) is 4.33. The molecular weight excluding hydrogens is 298 g/mol. The van der Waals surface area contributed by atoms with E-state index in [9.17, 15) is 0 Å². The molecular formula is C16H20ClN5. The third kappa shape index (κ3) is 3.48. The van der Waals surface area contributed by atoms with Gasteiger partial charge in [-0.2, -0.15) is 0 Å². The zero-order chi connectivity index (χ0) is 15.5. The number of rotatable bonds is 3. The van der Waals surface area contributed by atoms with Gasteiger partial charge in [0.25, 0.3) is 0 Å². The number of hydrogen-bond acceptors (Lipinski definition) is 5. The van der Waals surface area contributed by atoms with Crippen molar-refractivity contribution in [2.75, 3.05) is 43.4 Å². The van der Waals surface area contributed by atoms with Crippen molar-refractivity contribution in [1.82, 2.24) is 14.9 Å². The highest BCUT2D eigenvalue weighted by Gasteiger charge is 2.15. The molecule has 0 spiro atoms. The zero-order valence-electron chi connectivity index (χ0n) is 12.9. The number of aromatic nitrogens is 2. The van der Waals surface area contributed by atoms with Gasteiger partial charge in [-0.25, -0.2) is 9.97 Å². The maximum atomic E-state index is 6.16. The molecule has 0 bridgehead atoms. The summed E-state index contributed by atoms with van der Waals surface area (Å²) in [6.45, 7) is 6.08. The SMILES string of the molecule is Cc1ccc(Nc2cc(N3CCN(C)CC3)ncn2)cc1Cl. The Bertz CT molecular complexity index is 653. The van der Waals surface area contributed by atoms with Crippen LogP contribution >= 0.6 is 11.6 Å². The van der Waals surface area contributed by atoms with E-state index in [0.717, 1.165) is 54.1 Å². The minimum absolute atomic E-state index is 0.748. The van der Waals surface area contributed by atoms with Gasteiger partial charge in [-0.3, -0.25) is 0 Å². The van der Waals surface area contributed by atoms with Crippen molar-refractivity contribution in [3.63, 3.8) is 0 Å². The Balaban J connectivity index is 1.74. The Hall–Kier alpha value is -1.85. The van der Waals surface area contributed by atoms with Gasteiger partial charge in [0.1, 0.15) is 18.0 Å². The van der Waals surface area contributed by atoms with E-state index >= 15 is 0 Å². The molecule has 1 aliphatic rings. The molecule has 0 saturated carbocycles. The first-order chi connectivity index (χ1) is 10.6. The highest BCUT2D eigenvalue weighted by molar-refractivity contribution is 6.31. The van der Waals surface area contributed by atoms with Gasteiger partial charge < -0.3 is 15.1 Å². The lowest BCUT2D eigenvalue weighted by molar-refractivity contribution is 0.312. The smallest absolute Gasteiger partial charge is 0.135 e. The van der Waals surface area contributed by atoms with Crippen LogP contribution in [0, 0.1) is 6.92 Å². The molecule has 1 N–H and O–H groups in total. The summed E-state index contributed by atoms with van der Waals surface area (Å²) in [5.74, 6) is 1.74. The second kappa shape index (κ2) is 6.50. The first kappa shape index (κ1) is 15.1. The van der Waals surface area contributed by atoms with Gasteiger partial charge >= 0.3 is 0 Å². The monoisotopic (exact) mass is 317 g/mol. The molecule has 6 heteroatoms. The first-order valence-electron chi connectivity index (χ1n) is 7.40. The van der Waals surface area contributed by atoms with E-state index in [1.54, 1.807) is 6.33 Å². The van der Waals surface area contributed by atoms with Gasteiger partial charge in [0, 0.05) is 43.0 Å². The number of likely N-dealkylation sites (N-methyl/N-ethyl adjacent to an activating group) is 1. The molecule has 1 aliphatic heterocycles. The topological polar surface area (TPSA) is 44.3 Å². The van der Waals surface area contributed by atoms with Crippen LogP contribution in [-0.2, 0) is 0 Å². The molecule has 3 rings (SSSR count). The van der Waals surface area contributed by atoms with Crippen LogP contribution in [0.2, 0.25) is 5.02 Å². The molecule has 5 nitrogen and oxygen atoms in total. The molecule has 2 aromatic rings. The van der Waals surface area contributed by atoms with Crippen LogP contribution in [0.5, 0.6) is 0 Å². The summed E-state index contributed by atoms with van der Waals surface area (Å²) in [6, 6.07) is 7.89. The third-order valence-electron chi connectivity index (χ3n) is 3.92. The van der Waals surface area contributed by atoms with E-state index in [1.165, 1.54) is 0 Å². The van der Waals surface area contributed by atoms with Gasteiger partial charge in [-0.1, -0.05) is 17.7 Å². The highest BCUT2D eigenvalue weighted by Crippen LogP contribution is 2.23. The Morgan fingerprint density at radius 3 is 2.59 bits per heavy atom. The van der Waals surface area contributed by atoms with Gasteiger partial charge in [-0.05, 0) is 31.7 Å². The Labute approximate surface area is 135 Å². The average molecular weight is 318 g/mol. The number of hydrogen-bond donors (Lipinski definition) is 1. The molecule has 2 heterocycles. The first-order valence-corrected chi connectivity index (χ1v) is 7.78. The fourth-order valence-electron chi connectivity index (χ4n) is 2.44. The Morgan fingerprint density at radius 2 is 1.86 bits per heavy atom. The normalized spacial score (nSPS) is 15.9. The van der Waals surface area contributed by atoms with Crippen molar-refractivity contribution in [2.45, 2.75) is 6.92 Å². The quantitative estimate of drug-likeness (QED) is 0.943. The van der Waals surface area contributed by atoms with Crippen molar-refractivity contribution in [2.24, 2.45) is 0 Å². The number of piperazine rings is 1. The Kier molecular flexibility index (Phi) is 4.45. The van der Waals surface area contributed by atoms with Gasteiger partial charge in [0.2, 0.25) is 0 Å². The lowest BCUT2D eigenvalue weighted by Crippen LogP contribution is -2.44. The molecule has 0 aliphatic carbocycles. The number of anilines is 3. The molecule has 22 heavy (non-hydrogen) atoms. The minimum atomic E-state index is 0.748. The minimum Gasteiger partial charge on any atom is -0.354 e. The van der Waals surface area contributed by atoms with E-state index in [-0.39, 0.29) is 0 Å². The number of aryl methyl sites for hydroxylation is 1. The number of nitrogens with one attached hydrogen (secondary N) is 1. The van der Waals surface area contributed by atoms with Crippen LogP contribution in [0.3, 0.4) is 0 Å². The maximum absolute atomic E-state index is 6.16. The number of benzene rings is 1. The lowest BCUT2D eigenvalue weighted by atomic mass is 10.2. The second-order valence-electron chi connectivity index (χ2n) is 5.64. The number of nitrogens with zero attached hydrogens (tertiary/aromatic N) is 4. The van der Waals surface area contributed by atoms with Crippen molar-refractivity contribution in [3.05, 3.63) is 41.2 Å². The van der Waals surface area contributed by atoms with Crippen LogP contribution in [-0.4, -0.2) is 48.1 Å². The standard InChI is InChI=1S/C16H20ClN5/c1-12-3-4-13(9-14(12)17)20-15-10-16(19-11-18-15)22-7-5-21(2)6-8-22/h3-4,9-11H,5-8H2,1-2H3,(H,18,19,20). The predicted octanol–water partition coefficient (Wildman–Crippen LogP) is 2.93. The van der Waals surface area contributed by atoms with E-state index in [4.69, 9.17) is 11.6 Å². The largest absolute Gasteiger partial charge is 0.354 e. The van der Waals surface area contributed by atoms with Gasteiger partial charge in [0.15, 0.2) is 0 Å². The molecule has 116 valence electrons. The van der Waals surface area contributed by atoms with Crippen LogP contribution in [0.1, 0.15) is 5.56 Å². The van der Waals surface area contributed by atoms with Crippen molar-refractivity contribution < 1.29 is 0 Å². The summed E-state index contributed by atoms with van der Waals surface area (Å²) in [7, 11) is 2.14. The maximum Gasteiger partial charge on any atom is 0.135 e. The summed E-state index contributed by atoms with van der Waals surface area (Å²) in [5.41, 5.74) is 1.99. The van der Waals surface area contributed by atoms with Crippen molar-refractivity contribution in [3.8, 4) is 0 Å². The van der Waals surface area contributed by atoms with Crippen LogP contribution < -0.4 is 10.2 Å². The van der Waals surface area contributed by atoms with Crippen molar-refractivity contribution >= 4 is 28.9 Å². The molecule has 0 unspecified atom stereocenters. The fourth-order valence-corrected chi connectivity index (χ4v) is 2.62. The second-order valence-corrected chi connectivity index (χ2v) is 6.05. The fraction of sp³-hybridized carbons (Fsp3) is 0.375. The summed E-state index contributed by atoms with van der Waals surface area (Å²) in [6.07, 6.45) is 1.60. The molecule has 1 aromatic heterocycles. The van der Waals surface area contributed by atoms with E-state index in [2.05, 4.69) is 32.1 Å². The van der Waals surface area contributed by atoms with Crippen LogP contribution in [0.15, 0.2) is 30.6 Å². The summed E-state index contributed by atoms with van der Waals surface area (Å²) < 4.78 is 0. The molecule has 0 amide bonds. The molecule has 1 aromatic carbocycles. The lowest BCUT2D eigenvalue weighted by Gasteiger charge is -2.33. The van der Waals surface area contributed by atoms with Crippen LogP contribution in [0.25, 0.3) is 0 Å². The van der Waals surface area contributed by atoms with E-state index in [1.807, 2.05) is 31.2 Å². The summed E-state index contributed by atoms with van der Waals surface area (Å²) in [5, 5.41) is 4.04. The van der Waals surface area contributed by atoms with E-state index in [0.29, 0.717) is 0 Å². The summed E-state index contributed by atoms with van der Waals surface area (Å²) >= 11 is 6.16. The average Bonchev–Trinajstić information content (AvgIpc) is 2.52. The van der Waals surface area contributed by atoms with Gasteiger partial charge in [-0.15, -0.1) is 0 Å².